The minimum atomic E-state index is 0.971. The van der Waals surface area contributed by atoms with E-state index < -0.39 is 0 Å². The van der Waals surface area contributed by atoms with Gasteiger partial charge in [0.1, 0.15) is 5.01 Å². The first-order valence-corrected chi connectivity index (χ1v) is 6.24. The molecule has 0 aliphatic carbocycles. The molecule has 4 heteroatoms. The average molecular weight is 213 g/mol. The summed E-state index contributed by atoms with van der Waals surface area (Å²) in [7, 11) is 0. The van der Waals surface area contributed by atoms with E-state index in [1.807, 2.05) is 0 Å². The molecule has 3 nitrogen and oxygen atoms in total. The average Bonchev–Trinajstić information content (AvgIpc) is 2.65. The molecule has 0 amide bonds. The lowest BCUT2D eigenvalue weighted by atomic mass is 10.2. The molecule has 0 aliphatic rings. The van der Waals surface area contributed by atoms with E-state index in [0.29, 0.717) is 0 Å². The van der Waals surface area contributed by atoms with Crippen LogP contribution in [0.4, 0.5) is 5.13 Å². The van der Waals surface area contributed by atoms with Gasteiger partial charge in [-0.15, -0.1) is 10.2 Å². The molecule has 14 heavy (non-hydrogen) atoms. The maximum absolute atomic E-state index is 4.06. The van der Waals surface area contributed by atoms with Crippen molar-refractivity contribution in [2.24, 2.45) is 0 Å². The Bertz CT molecular complexity index is 247. The van der Waals surface area contributed by atoms with Crippen LogP contribution in [-0.4, -0.2) is 16.7 Å². The van der Waals surface area contributed by atoms with Gasteiger partial charge in [0, 0.05) is 6.54 Å². The summed E-state index contributed by atoms with van der Waals surface area (Å²) in [5.74, 6) is 0. The van der Waals surface area contributed by atoms with E-state index in [9.17, 15) is 0 Å². The molecule has 0 fully saturated rings. The Balaban J connectivity index is 2.12. The normalized spacial score (nSPS) is 10.4. The molecule has 0 radical (unpaired) electrons. The highest BCUT2D eigenvalue weighted by atomic mass is 32.1. The number of nitrogens with zero attached hydrogens (tertiary/aromatic N) is 2. The van der Waals surface area contributed by atoms with Gasteiger partial charge in [-0.1, -0.05) is 44.4 Å². The minimum absolute atomic E-state index is 0.971. The van der Waals surface area contributed by atoms with Crippen molar-refractivity contribution < 1.29 is 0 Å². The van der Waals surface area contributed by atoms with Crippen LogP contribution >= 0.6 is 11.3 Å². The SMILES string of the molecule is CCCCCCNc1nnc(CC)s1. The predicted octanol–water partition coefficient (Wildman–Crippen LogP) is 3.09. The molecular weight excluding hydrogens is 194 g/mol. The topological polar surface area (TPSA) is 37.8 Å². The molecule has 80 valence electrons. The molecule has 0 saturated carbocycles. The van der Waals surface area contributed by atoms with Gasteiger partial charge < -0.3 is 5.32 Å². The van der Waals surface area contributed by atoms with Crippen LogP contribution in [-0.2, 0) is 6.42 Å². The van der Waals surface area contributed by atoms with E-state index in [4.69, 9.17) is 0 Å². The highest BCUT2D eigenvalue weighted by Crippen LogP contribution is 2.15. The van der Waals surface area contributed by atoms with Gasteiger partial charge in [0.25, 0.3) is 0 Å². The van der Waals surface area contributed by atoms with Gasteiger partial charge >= 0.3 is 0 Å². The second kappa shape index (κ2) is 6.76. The summed E-state index contributed by atoms with van der Waals surface area (Å²) in [4.78, 5) is 0. The Morgan fingerprint density at radius 2 is 2.00 bits per heavy atom. The molecule has 1 aromatic heterocycles. The summed E-state index contributed by atoms with van der Waals surface area (Å²) >= 11 is 1.66. The molecule has 0 saturated heterocycles. The van der Waals surface area contributed by atoms with Gasteiger partial charge in [-0.25, -0.2) is 0 Å². The van der Waals surface area contributed by atoms with Gasteiger partial charge in [-0.2, -0.15) is 0 Å². The van der Waals surface area contributed by atoms with Crippen molar-refractivity contribution >= 4 is 16.5 Å². The number of unbranched alkanes of at least 4 members (excludes halogenated alkanes) is 3. The number of aromatic nitrogens is 2. The monoisotopic (exact) mass is 213 g/mol. The zero-order chi connectivity index (χ0) is 10.2. The summed E-state index contributed by atoms with van der Waals surface area (Å²) in [5, 5.41) is 13.5. The van der Waals surface area contributed by atoms with Crippen LogP contribution in [0, 0.1) is 0 Å². The third-order valence-corrected chi connectivity index (χ3v) is 3.10. The first-order valence-electron chi connectivity index (χ1n) is 5.43. The second-order valence-electron chi connectivity index (χ2n) is 3.34. The van der Waals surface area contributed by atoms with Gasteiger partial charge in [-0.05, 0) is 12.8 Å². The van der Waals surface area contributed by atoms with Crippen LogP contribution in [0.3, 0.4) is 0 Å². The number of nitrogens with one attached hydrogen (secondary N) is 1. The van der Waals surface area contributed by atoms with E-state index in [2.05, 4.69) is 29.4 Å². The van der Waals surface area contributed by atoms with E-state index in [1.165, 1.54) is 25.7 Å². The van der Waals surface area contributed by atoms with Crippen LogP contribution < -0.4 is 5.32 Å². The number of aryl methyl sites for hydroxylation is 1. The second-order valence-corrected chi connectivity index (χ2v) is 4.40. The van der Waals surface area contributed by atoms with Crippen LogP contribution in [0.2, 0.25) is 0 Å². The van der Waals surface area contributed by atoms with Crippen molar-refractivity contribution in [1.29, 1.82) is 0 Å². The maximum atomic E-state index is 4.06. The molecule has 1 rings (SSSR count). The van der Waals surface area contributed by atoms with Crippen LogP contribution in [0.25, 0.3) is 0 Å². The molecule has 0 bridgehead atoms. The number of rotatable bonds is 7. The first kappa shape index (κ1) is 11.4. The Labute approximate surface area is 89.9 Å². The zero-order valence-corrected chi connectivity index (χ0v) is 9.86. The summed E-state index contributed by atoms with van der Waals surface area (Å²) in [6, 6.07) is 0. The lowest BCUT2D eigenvalue weighted by molar-refractivity contribution is 0.684. The van der Waals surface area contributed by atoms with Gasteiger partial charge in [-0.3, -0.25) is 0 Å². The first-order chi connectivity index (χ1) is 6.86. The summed E-state index contributed by atoms with van der Waals surface area (Å²) in [6.45, 7) is 5.36. The molecule has 1 N–H and O–H groups in total. The number of hydrogen-bond acceptors (Lipinski definition) is 4. The highest BCUT2D eigenvalue weighted by molar-refractivity contribution is 7.15. The molecular formula is C10H19N3S. The Morgan fingerprint density at radius 3 is 2.64 bits per heavy atom. The fraction of sp³-hybridized carbons (Fsp3) is 0.800. The summed E-state index contributed by atoms with van der Waals surface area (Å²) in [6.07, 6.45) is 6.14. The number of anilines is 1. The Morgan fingerprint density at radius 1 is 1.14 bits per heavy atom. The molecule has 0 spiro atoms. The zero-order valence-electron chi connectivity index (χ0n) is 9.05. The summed E-state index contributed by atoms with van der Waals surface area (Å²) < 4.78 is 0. The van der Waals surface area contributed by atoms with Crippen molar-refractivity contribution in [3.8, 4) is 0 Å². The number of hydrogen-bond donors (Lipinski definition) is 1. The standard InChI is InChI=1S/C10H19N3S/c1-3-5-6-7-8-11-10-13-12-9(4-2)14-10/h3-8H2,1-2H3,(H,11,13). The van der Waals surface area contributed by atoms with E-state index in [-0.39, 0.29) is 0 Å². The van der Waals surface area contributed by atoms with Crippen LogP contribution in [0.5, 0.6) is 0 Å². The molecule has 1 heterocycles. The van der Waals surface area contributed by atoms with Crippen molar-refractivity contribution in [2.75, 3.05) is 11.9 Å². The quantitative estimate of drug-likeness (QED) is 0.707. The van der Waals surface area contributed by atoms with E-state index in [0.717, 1.165) is 23.1 Å². The van der Waals surface area contributed by atoms with Crippen molar-refractivity contribution in [1.82, 2.24) is 10.2 Å². The Kier molecular flexibility index (Phi) is 5.52. The maximum Gasteiger partial charge on any atom is 0.205 e. The third kappa shape index (κ3) is 4.05. The minimum Gasteiger partial charge on any atom is -0.360 e. The van der Waals surface area contributed by atoms with Crippen molar-refractivity contribution in [3.05, 3.63) is 5.01 Å². The summed E-state index contributed by atoms with van der Waals surface area (Å²) in [5.41, 5.74) is 0. The molecule has 1 aromatic rings. The van der Waals surface area contributed by atoms with Gasteiger partial charge in [0.05, 0.1) is 0 Å². The largest absolute Gasteiger partial charge is 0.360 e. The van der Waals surface area contributed by atoms with E-state index in [1.54, 1.807) is 11.3 Å². The smallest absolute Gasteiger partial charge is 0.205 e. The molecule has 0 aliphatic heterocycles. The van der Waals surface area contributed by atoms with E-state index >= 15 is 0 Å². The lowest BCUT2D eigenvalue weighted by Crippen LogP contribution is -2.00. The van der Waals surface area contributed by atoms with Crippen molar-refractivity contribution in [3.63, 3.8) is 0 Å². The molecule has 0 atom stereocenters. The lowest BCUT2D eigenvalue weighted by Gasteiger charge is -2.00. The van der Waals surface area contributed by atoms with Gasteiger partial charge in [0.2, 0.25) is 5.13 Å². The predicted molar refractivity (Wildman–Crippen MR) is 61.9 cm³/mol. The molecule has 0 aromatic carbocycles. The third-order valence-electron chi connectivity index (χ3n) is 2.08. The fourth-order valence-corrected chi connectivity index (χ4v) is 1.92. The van der Waals surface area contributed by atoms with Gasteiger partial charge in [0.15, 0.2) is 0 Å². The fourth-order valence-electron chi connectivity index (χ4n) is 1.22. The van der Waals surface area contributed by atoms with Crippen LogP contribution in [0.15, 0.2) is 0 Å². The molecule has 0 unspecified atom stereocenters. The Hall–Kier alpha value is -0.640. The highest BCUT2D eigenvalue weighted by Gasteiger charge is 2.00. The van der Waals surface area contributed by atoms with Crippen LogP contribution in [0.1, 0.15) is 44.5 Å². The van der Waals surface area contributed by atoms with Crippen molar-refractivity contribution in [2.45, 2.75) is 46.0 Å².